The minimum Gasteiger partial charge on any atom is -0.460 e. The van der Waals surface area contributed by atoms with E-state index in [1.807, 2.05) is 51.2 Å². The normalized spacial score (nSPS) is 37.9. The zero-order valence-corrected chi connectivity index (χ0v) is 49.0. The monoisotopic (exact) mass is 1100 g/mol. The molecule has 0 spiro atoms. The maximum absolute atomic E-state index is 14.8. The van der Waals surface area contributed by atoms with Gasteiger partial charge in [-0.3, -0.25) is 24.0 Å². The minimum atomic E-state index is -3.64. The highest BCUT2D eigenvalue weighted by molar-refractivity contribution is 6.39. The van der Waals surface area contributed by atoms with E-state index in [0.717, 1.165) is 26.5 Å². The number of ketones is 3. The van der Waals surface area contributed by atoms with Crippen LogP contribution >= 0.6 is 0 Å². The van der Waals surface area contributed by atoms with Crippen LogP contribution in [0.25, 0.3) is 0 Å². The summed E-state index contributed by atoms with van der Waals surface area (Å²) in [4.78, 5) is 88.1. The quantitative estimate of drug-likeness (QED) is 0.0954. The third kappa shape index (κ3) is 16.8. The van der Waals surface area contributed by atoms with Gasteiger partial charge in [0.1, 0.15) is 41.7 Å². The van der Waals surface area contributed by atoms with Crippen LogP contribution in [0.15, 0.2) is 47.6 Å². The number of hydrogen-bond acceptors (Lipinski definition) is 16. The van der Waals surface area contributed by atoms with Gasteiger partial charge in [-0.15, -0.1) is 0 Å². The number of amides is 1. The van der Waals surface area contributed by atoms with E-state index >= 15 is 0 Å². The second-order valence-electron chi connectivity index (χ2n) is 22.5. The molecule has 2 N–H and O–H groups in total. The molecule has 4 rings (SSSR count). The highest BCUT2D eigenvalue weighted by atomic mass is 16.7. The van der Waals surface area contributed by atoms with Gasteiger partial charge in [0.25, 0.3) is 11.7 Å². The fourth-order valence-corrected chi connectivity index (χ4v) is 11.6. The lowest BCUT2D eigenvalue weighted by Gasteiger charge is -2.44. The van der Waals surface area contributed by atoms with Crippen molar-refractivity contribution < 1.29 is 83.7 Å². The predicted octanol–water partition coefficient (Wildman–Crippen LogP) is 8.06. The Bertz CT molecular complexity index is 2330. The number of allylic oxidation sites excluding steroid dienone is 6. The lowest BCUT2D eigenvalue weighted by molar-refractivity contribution is -0.277. The van der Waals surface area contributed by atoms with Crippen LogP contribution in [0, 0.1) is 46.8 Å². The lowest BCUT2D eigenvalue weighted by atomic mass is 9.77. The van der Waals surface area contributed by atoms with Gasteiger partial charge in [-0.1, -0.05) is 84.9 Å². The number of carbonyl (C=O) groups is 6. The van der Waals surface area contributed by atoms with Crippen molar-refractivity contribution in [3.05, 3.63) is 47.6 Å². The van der Waals surface area contributed by atoms with Crippen molar-refractivity contribution in [3.8, 4) is 0 Å². The Morgan fingerprint density at radius 1 is 0.910 bits per heavy atom. The molecule has 0 radical (unpaired) electrons. The van der Waals surface area contributed by atoms with Crippen molar-refractivity contribution in [1.82, 2.24) is 4.90 Å². The fraction of sp³-hybridized carbons (Fsp3) is 0.770. The number of cyclic esters (lactones) is 1. The maximum Gasteiger partial charge on any atom is 0.329 e. The van der Waals surface area contributed by atoms with Gasteiger partial charge in [0.15, 0.2) is 5.78 Å². The van der Waals surface area contributed by atoms with Gasteiger partial charge in [-0.05, 0) is 120 Å². The SMILES string of the molecule is [2H]C(C)(C)C(C(=O)OC1CC[C@@H](C[C@@H](C)[C@@H]2CC(=O)[C@H](C)/C=C(\C)[C@@H](O)[C@@H](OC)C(=O)[C@H](C)C[C@H](C)/C=C/C=C/C=C(\C)[C@@H](OC)CC3CC[C@@H](C)[C@@](OC)(O3)C(=O)C(=O)N3CCCCC3C(=O)O2)C[C@H]1OCC)(C([2H])([2H])O)C([2H])([2H])OC. The summed E-state index contributed by atoms with van der Waals surface area (Å²) in [5.74, 6) is -12.0. The number of piperidine rings is 1. The third-order valence-electron chi connectivity index (χ3n) is 16.5. The zero-order valence-electron chi connectivity index (χ0n) is 54.0. The number of aliphatic hydroxyl groups is 2. The molecule has 2 bridgehead atoms. The molecule has 3 heterocycles. The molecule has 17 heteroatoms. The molecule has 0 aromatic carbocycles. The van der Waals surface area contributed by atoms with Crippen molar-refractivity contribution in [2.45, 2.75) is 201 Å². The number of esters is 2. The van der Waals surface area contributed by atoms with Gasteiger partial charge in [-0.2, -0.15) is 0 Å². The van der Waals surface area contributed by atoms with E-state index in [0.29, 0.717) is 56.9 Å². The molecule has 0 aromatic rings. The van der Waals surface area contributed by atoms with Gasteiger partial charge in [-0.25, -0.2) is 4.79 Å². The number of hydrogen-bond donors (Lipinski definition) is 2. The molecule has 1 aliphatic carbocycles. The molecule has 1 saturated carbocycles. The first-order chi connectivity index (χ1) is 38.7. The van der Waals surface area contributed by atoms with Crippen LogP contribution < -0.4 is 0 Å². The molecule has 17 nitrogen and oxygen atoms in total. The van der Waals surface area contributed by atoms with E-state index in [1.165, 1.54) is 19.1 Å². The third-order valence-corrected chi connectivity index (χ3v) is 16.5. The van der Waals surface area contributed by atoms with Crippen molar-refractivity contribution >= 4 is 35.2 Å². The summed E-state index contributed by atoms with van der Waals surface area (Å²) in [5.41, 5.74) is -1.99. The first kappa shape index (κ1) is 58.7. The Balaban J connectivity index is 1.75. The maximum atomic E-state index is 14.8. The summed E-state index contributed by atoms with van der Waals surface area (Å²) >= 11 is 0. The first-order valence-electron chi connectivity index (χ1n) is 30.6. The smallest absolute Gasteiger partial charge is 0.329 e. The molecule has 16 atom stereocenters. The van der Waals surface area contributed by atoms with Gasteiger partial charge in [0.05, 0.1) is 36.9 Å². The number of methoxy groups -OCH3 is 4. The van der Waals surface area contributed by atoms with E-state index in [4.69, 9.17) is 44.7 Å². The van der Waals surface area contributed by atoms with Crippen molar-refractivity contribution in [3.63, 3.8) is 0 Å². The largest absolute Gasteiger partial charge is 0.460 e. The lowest BCUT2D eigenvalue weighted by Crippen LogP contribution is -2.61. The Hall–Kier alpha value is -3.94. The van der Waals surface area contributed by atoms with E-state index in [9.17, 15) is 39.0 Å². The molecule has 4 aliphatic rings. The van der Waals surface area contributed by atoms with E-state index < -0.39 is 126 Å². The highest BCUT2D eigenvalue weighted by Gasteiger charge is 2.55. The van der Waals surface area contributed by atoms with Gasteiger partial charge in [0, 0.05) is 73.6 Å². The van der Waals surface area contributed by atoms with E-state index in [-0.39, 0.29) is 62.2 Å². The summed E-state index contributed by atoms with van der Waals surface area (Å²) in [6, 6.07) is -1.22. The van der Waals surface area contributed by atoms with Gasteiger partial charge < -0.3 is 53.0 Å². The number of carbonyl (C=O) groups excluding carboxylic acids is 6. The van der Waals surface area contributed by atoms with Crippen LogP contribution in [0.5, 0.6) is 0 Å². The topological polar surface area (TPSA) is 220 Å². The Morgan fingerprint density at radius 2 is 1.63 bits per heavy atom. The molecule has 0 aromatic heterocycles. The molecule has 3 fully saturated rings. The molecule has 1 amide bonds. The second kappa shape index (κ2) is 31.3. The first-order valence-corrected chi connectivity index (χ1v) is 28.1. The van der Waals surface area contributed by atoms with Crippen molar-refractivity contribution in [2.24, 2.45) is 46.8 Å². The molecule has 442 valence electrons. The number of nitrogens with zero attached hydrogens (tertiary/aromatic N) is 1. The van der Waals surface area contributed by atoms with E-state index in [1.54, 1.807) is 47.8 Å². The predicted molar refractivity (Wildman–Crippen MR) is 295 cm³/mol. The minimum absolute atomic E-state index is 0.0269. The fourth-order valence-electron chi connectivity index (χ4n) is 11.6. The van der Waals surface area contributed by atoms with Crippen molar-refractivity contribution in [2.75, 3.05) is 54.7 Å². The van der Waals surface area contributed by atoms with E-state index in [2.05, 4.69) is 0 Å². The van der Waals surface area contributed by atoms with Gasteiger partial charge in [0.2, 0.25) is 5.79 Å². The summed E-state index contributed by atoms with van der Waals surface area (Å²) in [5, 5.41) is 22.4. The molecule has 78 heavy (non-hydrogen) atoms. The number of aliphatic hydroxyl groups excluding tert-OH is 1. The average molecular weight is 1110 g/mol. The number of rotatable bonds is 14. The molecule has 3 aliphatic heterocycles. The van der Waals surface area contributed by atoms with Crippen LogP contribution in [0.4, 0.5) is 0 Å². The zero-order chi connectivity index (χ0) is 62.6. The molecular weight excluding hydrogens is 1000 g/mol. The van der Waals surface area contributed by atoms with Crippen LogP contribution in [-0.2, 0) is 66.7 Å². The van der Waals surface area contributed by atoms with Crippen LogP contribution in [0.1, 0.15) is 153 Å². The van der Waals surface area contributed by atoms with Gasteiger partial charge >= 0.3 is 11.9 Å². The molecule has 2 saturated heterocycles. The number of Topliss-reactive ketones (excluding diaryl/α,β-unsaturated/α-hetero) is 3. The summed E-state index contributed by atoms with van der Waals surface area (Å²) < 4.78 is 89.7. The highest BCUT2D eigenvalue weighted by Crippen LogP contribution is 2.40. The summed E-state index contributed by atoms with van der Waals surface area (Å²) in [6.45, 7) is 9.77. The van der Waals surface area contributed by atoms with Crippen LogP contribution in [-0.4, -0.2) is 160 Å². The van der Waals surface area contributed by atoms with Crippen molar-refractivity contribution in [1.29, 1.82) is 0 Å². The summed E-state index contributed by atoms with van der Waals surface area (Å²) in [7, 11) is 5.15. The Labute approximate surface area is 472 Å². The second-order valence-corrected chi connectivity index (χ2v) is 22.5. The average Bonchev–Trinajstić information content (AvgIpc) is 2.06. The standard InChI is InChI=1S/C61H97NO16/c1-15-75-52-32-45(25-27-49(52)77-59(70)60(35-63,36-71-11)37(2)3)31-41(7)51-34-48(64)40(6)30-43(9)54(66)55(73-13)53(65)42(8)29-38(4)21-17-16-18-22-39(5)50(72-12)33-46-26-24-44(10)61(74-14,78-46)56(67)57(68)62-28-20-19-23-47(62)58(69)76-51/h16-18,21-22,30,37-38,40-42,44-47,49-52,54-55,63,66H,15,19-20,23-29,31-36H2,1-14H3/b18-16+,21-17+,39-22+,43-30+/t38-,40-,41-,42-,44-,45+,46?,47?,49?,50+,51+,52-,54-,55+,60?,61-/m1/s1/i35D2,36D2,37D. The molecular formula is C61H97NO16. The number of fused-ring (bicyclic) bond motifs is 3. The van der Waals surface area contributed by atoms with Crippen LogP contribution in [0.2, 0.25) is 0 Å². The Morgan fingerprint density at radius 3 is 2.26 bits per heavy atom. The molecule has 4 unspecified atom stereocenters. The number of ether oxygens (including phenoxy) is 8. The Kier molecular flexibility index (Phi) is 23.6. The summed E-state index contributed by atoms with van der Waals surface area (Å²) in [6.07, 6.45) is 8.26. The van der Waals surface area contributed by atoms with Crippen LogP contribution in [0.3, 0.4) is 0 Å².